The highest BCUT2D eigenvalue weighted by atomic mass is 16.5. The maximum Gasteiger partial charge on any atom is 0.122 e. The third-order valence-corrected chi connectivity index (χ3v) is 2.92. The lowest BCUT2D eigenvalue weighted by atomic mass is 10.1. The van der Waals surface area contributed by atoms with Gasteiger partial charge in [0.2, 0.25) is 0 Å². The van der Waals surface area contributed by atoms with Crippen LogP contribution in [-0.4, -0.2) is 19.7 Å². The number of quaternary nitrogens is 1. The van der Waals surface area contributed by atoms with Crippen LogP contribution in [0.25, 0.3) is 0 Å². The number of hydrogen-bond donors (Lipinski definition) is 1. The SMILES string of the molecule is CCCC[NH2+]CCCOc1cc(C)ccc1C. The van der Waals surface area contributed by atoms with Crippen molar-refractivity contribution in [2.24, 2.45) is 0 Å². The molecule has 0 bridgehead atoms. The zero-order valence-electron chi connectivity index (χ0n) is 11.5. The summed E-state index contributed by atoms with van der Waals surface area (Å²) in [5.74, 6) is 1.04. The van der Waals surface area contributed by atoms with Crippen molar-refractivity contribution < 1.29 is 10.1 Å². The van der Waals surface area contributed by atoms with E-state index in [0.29, 0.717) is 0 Å². The maximum atomic E-state index is 5.80. The van der Waals surface area contributed by atoms with Gasteiger partial charge in [0.05, 0.1) is 19.7 Å². The Morgan fingerprint density at radius 2 is 1.88 bits per heavy atom. The van der Waals surface area contributed by atoms with E-state index in [9.17, 15) is 0 Å². The summed E-state index contributed by atoms with van der Waals surface area (Å²) in [4.78, 5) is 0. The molecule has 17 heavy (non-hydrogen) atoms. The summed E-state index contributed by atoms with van der Waals surface area (Å²) in [6, 6.07) is 6.37. The Labute approximate surface area is 105 Å². The zero-order chi connectivity index (χ0) is 12.5. The van der Waals surface area contributed by atoms with Crippen molar-refractivity contribution in [3.63, 3.8) is 0 Å². The molecule has 0 spiro atoms. The molecule has 0 unspecified atom stereocenters. The van der Waals surface area contributed by atoms with Crippen LogP contribution in [0.4, 0.5) is 0 Å². The van der Waals surface area contributed by atoms with E-state index in [-0.39, 0.29) is 0 Å². The first kappa shape index (κ1) is 14.0. The molecule has 0 aliphatic heterocycles. The van der Waals surface area contributed by atoms with E-state index in [0.717, 1.165) is 18.8 Å². The van der Waals surface area contributed by atoms with Gasteiger partial charge in [0.1, 0.15) is 5.75 Å². The maximum absolute atomic E-state index is 5.80. The van der Waals surface area contributed by atoms with Gasteiger partial charge in [-0.05, 0) is 37.5 Å². The molecule has 0 fully saturated rings. The molecular weight excluding hydrogens is 210 g/mol. The van der Waals surface area contributed by atoms with Crippen LogP contribution in [-0.2, 0) is 0 Å². The molecule has 1 aromatic carbocycles. The Hall–Kier alpha value is -1.02. The van der Waals surface area contributed by atoms with E-state index in [1.165, 1.54) is 37.1 Å². The van der Waals surface area contributed by atoms with Crippen molar-refractivity contribution in [2.45, 2.75) is 40.0 Å². The molecule has 0 saturated heterocycles. The molecule has 0 aromatic heterocycles. The van der Waals surface area contributed by atoms with E-state index in [4.69, 9.17) is 4.74 Å². The van der Waals surface area contributed by atoms with Crippen LogP contribution in [0.1, 0.15) is 37.3 Å². The average Bonchev–Trinajstić information content (AvgIpc) is 2.32. The van der Waals surface area contributed by atoms with Crippen molar-refractivity contribution >= 4 is 0 Å². The highest BCUT2D eigenvalue weighted by molar-refractivity contribution is 5.35. The molecule has 0 atom stereocenters. The van der Waals surface area contributed by atoms with E-state index in [1.54, 1.807) is 0 Å². The molecule has 0 aliphatic rings. The van der Waals surface area contributed by atoms with Gasteiger partial charge in [-0.2, -0.15) is 0 Å². The summed E-state index contributed by atoms with van der Waals surface area (Å²) in [5, 5.41) is 2.38. The van der Waals surface area contributed by atoms with Gasteiger partial charge in [0.15, 0.2) is 0 Å². The number of hydrogen-bond acceptors (Lipinski definition) is 1. The van der Waals surface area contributed by atoms with E-state index in [2.05, 4.69) is 44.3 Å². The van der Waals surface area contributed by atoms with Crippen molar-refractivity contribution in [2.75, 3.05) is 19.7 Å². The average molecular weight is 236 g/mol. The number of rotatable bonds is 8. The van der Waals surface area contributed by atoms with Crippen LogP contribution in [0.5, 0.6) is 5.75 Å². The number of aryl methyl sites for hydroxylation is 2. The lowest BCUT2D eigenvalue weighted by Crippen LogP contribution is -2.84. The minimum atomic E-state index is 0.826. The van der Waals surface area contributed by atoms with E-state index < -0.39 is 0 Å². The quantitative estimate of drug-likeness (QED) is 0.689. The van der Waals surface area contributed by atoms with E-state index >= 15 is 0 Å². The summed E-state index contributed by atoms with van der Waals surface area (Å²) in [6.45, 7) is 9.68. The summed E-state index contributed by atoms with van der Waals surface area (Å²) in [7, 11) is 0. The molecule has 1 rings (SSSR count). The second kappa shape index (κ2) is 8.13. The van der Waals surface area contributed by atoms with Gasteiger partial charge in [-0.1, -0.05) is 25.5 Å². The molecule has 96 valence electrons. The van der Waals surface area contributed by atoms with Crippen LogP contribution < -0.4 is 10.1 Å². The fourth-order valence-corrected chi connectivity index (χ4v) is 1.77. The summed E-state index contributed by atoms with van der Waals surface area (Å²) in [6.07, 6.45) is 3.73. The smallest absolute Gasteiger partial charge is 0.122 e. The van der Waals surface area contributed by atoms with Crippen LogP contribution in [0.2, 0.25) is 0 Å². The van der Waals surface area contributed by atoms with Gasteiger partial charge in [-0.3, -0.25) is 0 Å². The highest BCUT2D eigenvalue weighted by Gasteiger charge is 1.99. The van der Waals surface area contributed by atoms with Gasteiger partial charge in [0, 0.05) is 6.42 Å². The Bertz CT molecular complexity index is 323. The van der Waals surface area contributed by atoms with Crippen LogP contribution >= 0.6 is 0 Å². The molecular formula is C15H26NO+. The second-order valence-electron chi connectivity index (χ2n) is 4.69. The molecule has 2 N–H and O–H groups in total. The fraction of sp³-hybridized carbons (Fsp3) is 0.600. The molecule has 0 saturated carbocycles. The highest BCUT2D eigenvalue weighted by Crippen LogP contribution is 2.18. The van der Waals surface area contributed by atoms with Gasteiger partial charge in [0.25, 0.3) is 0 Å². The van der Waals surface area contributed by atoms with Gasteiger partial charge in [-0.15, -0.1) is 0 Å². The van der Waals surface area contributed by atoms with E-state index in [1.807, 2.05) is 0 Å². The van der Waals surface area contributed by atoms with Gasteiger partial charge < -0.3 is 10.1 Å². The molecule has 0 heterocycles. The monoisotopic (exact) mass is 236 g/mol. The number of unbranched alkanes of at least 4 members (excludes halogenated alkanes) is 1. The third-order valence-electron chi connectivity index (χ3n) is 2.92. The summed E-state index contributed by atoms with van der Waals surface area (Å²) >= 11 is 0. The summed E-state index contributed by atoms with van der Waals surface area (Å²) in [5.41, 5.74) is 2.49. The lowest BCUT2D eigenvalue weighted by molar-refractivity contribution is -0.655. The first-order chi connectivity index (χ1) is 8.24. The van der Waals surface area contributed by atoms with Crippen molar-refractivity contribution in [3.05, 3.63) is 29.3 Å². The van der Waals surface area contributed by atoms with Gasteiger partial charge in [-0.25, -0.2) is 0 Å². The Morgan fingerprint density at radius 3 is 2.65 bits per heavy atom. The van der Waals surface area contributed by atoms with Crippen molar-refractivity contribution in [1.82, 2.24) is 0 Å². The molecule has 1 aromatic rings. The number of nitrogens with two attached hydrogens (primary N) is 1. The number of benzene rings is 1. The largest absolute Gasteiger partial charge is 0.493 e. The minimum absolute atomic E-state index is 0.826. The Balaban J connectivity index is 2.15. The Kier molecular flexibility index (Phi) is 6.71. The topological polar surface area (TPSA) is 25.8 Å². The van der Waals surface area contributed by atoms with Crippen molar-refractivity contribution in [3.8, 4) is 5.75 Å². The Morgan fingerprint density at radius 1 is 1.12 bits per heavy atom. The van der Waals surface area contributed by atoms with Crippen LogP contribution in [0.15, 0.2) is 18.2 Å². The first-order valence-corrected chi connectivity index (χ1v) is 6.75. The summed E-state index contributed by atoms with van der Waals surface area (Å²) < 4.78 is 5.80. The molecule has 0 aliphatic carbocycles. The third kappa shape index (κ3) is 5.73. The van der Waals surface area contributed by atoms with Gasteiger partial charge >= 0.3 is 0 Å². The fourth-order valence-electron chi connectivity index (χ4n) is 1.77. The molecule has 2 nitrogen and oxygen atoms in total. The van der Waals surface area contributed by atoms with Crippen molar-refractivity contribution in [1.29, 1.82) is 0 Å². The predicted molar refractivity (Wildman–Crippen MR) is 72.6 cm³/mol. The lowest BCUT2D eigenvalue weighted by Gasteiger charge is -2.09. The molecule has 2 heteroatoms. The molecule has 0 amide bonds. The normalized spacial score (nSPS) is 10.5. The predicted octanol–water partition coefficient (Wildman–Crippen LogP) is 2.44. The second-order valence-corrected chi connectivity index (χ2v) is 4.69. The minimum Gasteiger partial charge on any atom is -0.493 e. The van der Waals surface area contributed by atoms with Crippen LogP contribution in [0, 0.1) is 13.8 Å². The standard InChI is InChI=1S/C15H25NO/c1-4-5-9-16-10-6-11-17-15-12-13(2)7-8-14(15)3/h7-8,12,16H,4-6,9-11H2,1-3H3/p+1. The number of ether oxygens (including phenoxy) is 1. The van der Waals surface area contributed by atoms with Crippen LogP contribution in [0.3, 0.4) is 0 Å². The zero-order valence-corrected chi connectivity index (χ0v) is 11.5. The molecule has 0 radical (unpaired) electrons. The first-order valence-electron chi connectivity index (χ1n) is 6.75.